The zero-order valence-electron chi connectivity index (χ0n) is 49.0. The molecule has 0 aromatic heterocycles. The lowest BCUT2D eigenvalue weighted by molar-refractivity contribution is -0.137. The van der Waals surface area contributed by atoms with Gasteiger partial charge in [0.05, 0.1) is 12.2 Å². The minimum Gasteiger partial charge on any atom is -0.391 e. The molecule has 0 bridgehead atoms. The van der Waals surface area contributed by atoms with Crippen molar-refractivity contribution in [3.05, 3.63) is 35.9 Å². The van der Waals surface area contributed by atoms with Crippen LogP contribution in [0, 0.1) is 5.92 Å². The molecule has 0 saturated carbocycles. The van der Waals surface area contributed by atoms with Crippen molar-refractivity contribution in [2.75, 3.05) is 53.0 Å². The average Bonchev–Trinajstić information content (AvgIpc) is 3.44. The van der Waals surface area contributed by atoms with Gasteiger partial charge in [-0.15, -0.1) is 0 Å². The maximum Gasteiger partial charge on any atom is 0.245 e. The second-order valence-corrected chi connectivity index (χ2v) is 21.1. The summed E-state index contributed by atoms with van der Waals surface area (Å²) in [6.07, 6.45) is -2.54. The Morgan fingerprint density at radius 3 is 1.60 bits per heavy atom. The van der Waals surface area contributed by atoms with E-state index in [-0.39, 0.29) is 90.0 Å². The van der Waals surface area contributed by atoms with Crippen LogP contribution in [0.2, 0.25) is 0 Å². The highest BCUT2D eigenvalue weighted by atomic mass is 16.5. The van der Waals surface area contributed by atoms with Gasteiger partial charge in [0, 0.05) is 33.1 Å². The number of unbranched alkanes of at least 4 members (excludes halogenated alkanes) is 2. The van der Waals surface area contributed by atoms with E-state index in [9.17, 15) is 63.0 Å². The number of aliphatic hydroxyl groups excluding tert-OH is 2. The summed E-state index contributed by atoms with van der Waals surface area (Å²) in [6, 6.07) is -6.30. The topological polar surface area (TPSA) is 500 Å². The van der Waals surface area contributed by atoms with Crippen LogP contribution in [0.3, 0.4) is 0 Å². The minimum atomic E-state index is -1.71. The van der Waals surface area contributed by atoms with Gasteiger partial charge >= 0.3 is 0 Å². The van der Waals surface area contributed by atoms with Crippen LogP contribution in [-0.2, 0) is 63.9 Å². The maximum absolute atomic E-state index is 14.5. The fraction of sp³-hybridized carbons (Fsp3) is 0.685. The van der Waals surface area contributed by atoms with Crippen molar-refractivity contribution in [2.24, 2.45) is 34.6 Å². The molecule has 2 rings (SSSR count). The van der Waals surface area contributed by atoms with E-state index in [0.717, 1.165) is 6.42 Å². The van der Waals surface area contributed by atoms with Crippen molar-refractivity contribution >= 4 is 65.0 Å². The number of hydrogen-bond donors (Lipinski definition) is 18. The zero-order chi connectivity index (χ0) is 62.9. The summed E-state index contributed by atoms with van der Waals surface area (Å²) in [4.78, 5) is 153. The molecule has 1 fully saturated rings. The summed E-state index contributed by atoms with van der Waals surface area (Å²) >= 11 is 0. The molecule has 11 amide bonds. The number of benzene rings is 1. The first kappa shape index (κ1) is 73.2. The third-order valence-corrected chi connectivity index (χ3v) is 13.5. The second kappa shape index (κ2) is 39.6. The largest absolute Gasteiger partial charge is 0.391 e. The van der Waals surface area contributed by atoms with Gasteiger partial charge < -0.3 is 102 Å². The van der Waals surface area contributed by atoms with E-state index >= 15 is 0 Å². The summed E-state index contributed by atoms with van der Waals surface area (Å²) in [5.74, 6) is -10.0. The summed E-state index contributed by atoms with van der Waals surface area (Å²) in [6.45, 7) is 5.27. The van der Waals surface area contributed by atoms with Gasteiger partial charge in [-0.05, 0) is 116 Å². The molecule has 1 aromatic rings. The monoisotopic (exact) mass is 1190 g/mol. The summed E-state index contributed by atoms with van der Waals surface area (Å²) in [5.41, 5.74) is 29.9. The van der Waals surface area contributed by atoms with Crippen LogP contribution < -0.4 is 87.2 Å². The Bertz CT molecular complexity index is 2280. The Morgan fingerprint density at radius 2 is 1.08 bits per heavy atom. The number of nitrogens with one attached hydrogen (secondary N) is 11. The van der Waals surface area contributed by atoms with E-state index in [1.807, 2.05) is 0 Å². The third-order valence-electron chi connectivity index (χ3n) is 13.5. The van der Waals surface area contributed by atoms with E-state index < -0.39 is 151 Å². The second-order valence-electron chi connectivity index (χ2n) is 21.1. The highest BCUT2D eigenvalue weighted by Crippen LogP contribution is 2.12. The normalized spacial score (nSPS) is 22.6. The molecule has 23 N–H and O–H groups in total. The Kier molecular flexibility index (Phi) is 34.5. The predicted octanol–water partition coefficient (Wildman–Crippen LogP) is -6.64. The van der Waals surface area contributed by atoms with Gasteiger partial charge in [0.15, 0.2) is 0 Å². The van der Waals surface area contributed by atoms with Crippen LogP contribution in [0.15, 0.2) is 30.3 Å². The lowest BCUT2D eigenvalue weighted by Gasteiger charge is -2.29. The molecule has 12 atom stereocenters. The quantitative estimate of drug-likeness (QED) is 0.0332. The molecule has 1 unspecified atom stereocenters. The van der Waals surface area contributed by atoms with Crippen molar-refractivity contribution in [1.29, 1.82) is 0 Å². The summed E-state index contributed by atoms with van der Waals surface area (Å²) in [7, 11) is 1.56. The maximum atomic E-state index is 14.5. The van der Waals surface area contributed by atoms with Gasteiger partial charge in [-0.1, -0.05) is 50.6 Å². The summed E-state index contributed by atoms with van der Waals surface area (Å²) in [5, 5.41) is 49.5. The number of carbonyl (C=O) groups excluding carboxylic acids is 11. The molecular weight excluding hydrogens is 1100 g/mol. The molecule has 30 nitrogen and oxygen atoms in total. The van der Waals surface area contributed by atoms with Crippen LogP contribution >= 0.6 is 0 Å². The van der Waals surface area contributed by atoms with Gasteiger partial charge in [0.25, 0.3) is 0 Å². The molecule has 0 spiro atoms. The molecule has 474 valence electrons. The average molecular weight is 1190 g/mol. The predicted molar refractivity (Wildman–Crippen MR) is 309 cm³/mol. The number of nitrogens with two attached hydrogens (primary N) is 5. The Hall–Kier alpha value is -6.93. The fourth-order valence-electron chi connectivity index (χ4n) is 8.85. The molecule has 1 heterocycles. The first-order valence-electron chi connectivity index (χ1n) is 28.6. The molecular formula is C54H94N16O14. The standard InChI is InChI=1S/C54H94N16O14/c1-30(2)28-40-51(80)64-35(16-22-56)45(74)63-38(19-25-59)50(79)69-43(31(3)71)53(82)60-26-20-39(48(77)62-36(17-23-57)47(76)68-41(52(81)67-40)29-33-12-8-6-9-13-33)65-46(75)37(18-24-58)66-54(83)44(32(4)72)70-49(78)34(15-21-55)61-42(73)14-10-7-11-27-84-5/h6,8-9,12-13,30-32,34-41,43-44,71-72H,7,10-11,14-29,55-59H2,1-5H3,(H,60,82)(H,61,73)(H,62,77)(H,63,74)(H,64,80)(H,65,75)(H,66,83)(H,67,81)(H,68,76)(H,69,79)(H,70,78)/t31-,32-,34+,35+,36+,37+,38+,39+,40+,41?,43+,44+/m1/s1. The molecule has 0 radical (unpaired) electrons. The van der Waals surface area contributed by atoms with E-state index in [2.05, 4.69) is 58.5 Å². The Morgan fingerprint density at radius 1 is 0.583 bits per heavy atom. The molecule has 1 saturated heterocycles. The number of rotatable bonds is 29. The zero-order valence-corrected chi connectivity index (χ0v) is 49.0. The highest BCUT2D eigenvalue weighted by molar-refractivity contribution is 5.99. The number of hydrogen-bond acceptors (Lipinski definition) is 19. The van der Waals surface area contributed by atoms with E-state index in [1.54, 1.807) is 51.3 Å². The first-order valence-corrected chi connectivity index (χ1v) is 28.6. The lowest BCUT2D eigenvalue weighted by atomic mass is 10.00. The van der Waals surface area contributed by atoms with E-state index in [1.165, 1.54) is 13.8 Å². The molecule has 0 aliphatic carbocycles. The number of carbonyl (C=O) groups is 11. The van der Waals surface area contributed by atoms with Gasteiger partial charge in [0.2, 0.25) is 65.0 Å². The van der Waals surface area contributed by atoms with E-state index in [4.69, 9.17) is 33.4 Å². The number of methoxy groups -OCH3 is 1. The molecule has 84 heavy (non-hydrogen) atoms. The van der Waals surface area contributed by atoms with Crippen molar-refractivity contribution < 1.29 is 67.7 Å². The smallest absolute Gasteiger partial charge is 0.245 e. The third kappa shape index (κ3) is 26.3. The number of ether oxygens (including phenoxy) is 1. The van der Waals surface area contributed by atoms with Crippen LogP contribution in [-0.4, -0.2) is 201 Å². The van der Waals surface area contributed by atoms with Gasteiger partial charge in [-0.25, -0.2) is 0 Å². The van der Waals surface area contributed by atoms with Gasteiger partial charge in [0.1, 0.15) is 60.4 Å². The first-order chi connectivity index (χ1) is 39.9. The van der Waals surface area contributed by atoms with Crippen LogP contribution in [0.25, 0.3) is 0 Å². The summed E-state index contributed by atoms with van der Waals surface area (Å²) < 4.78 is 5.03. The number of aliphatic hydroxyl groups is 2. The Labute approximate surface area is 490 Å². The van der Waals surface area contributed by atoms with Crippen molar-refractivity contribution in [1.82, 2.24) is 58.5 Å². The van der Waals surface area contributed by atoms with Crippen molar-refractivity contribution in [3.63, 3.8) is 0 Å². The fourth-order valence-corrected chi connectivity index (χ4v) is 8.85. The molecule has 1 aliphatic heterocycles. The SMILES string of the molecule is COCCCCCC(=O)N[C@@H](CCN)C(=O)N[C@H](C(=O)N[C@@H](CCN)C(=O)N[C@H]1CCNC(=O)[C@H]([C@@H](C)O)NC(=O)[C@H](CCN)NC(=O)[C@H](CCN)NC(=O)[C@H](CC(C)C)NC(=O)C(Cc2ccccc2)NC(=O)[C@H](CCN)NC1=O)[C@@H](C)O. The van der Waals surface area contributed by atoms with E-state index in [0.29, 0.717) is 25.0 Å². The van der Waals surface area contributed by atoms with Gasteiger partial charge in [-0.2, -0.15) is 0 Å². The van der Waals surface area contributed by atoms with Crippen molar-refractivity contribution in [2.45, 2.75) is 177 Å². The molecule has 1 aromatic carbocycles. The van der Waals surface area contributed by atoms with Crippen LogP contribution in [0.1, 0.15) is 104 Å². The highest BCUT2D eigenvalue weighted by Gasteiger charge is 2.37. The Balaban J connectivity index is 2.68. The van der Waals surface area contributed by atoms with Crippen molar-refractivity contribution in [3.8, 4) is 0 Å². The van der Waals surface area contributed by atoms with Crippen LogP contribution in [0.5, 0.6) is 0 Å². The molecule has 30 heteroatoms. The minimum absolute atomic E-state index is 0.0343. The van der Waals surface area contributed by atoms with Crippen LogP contribution in [0.4, 0.5) is 0 Å². The van der Waals surface area contributed by atoms with Gasteiger partial charge in [-0.3, -0.25) is 52.7 Å². The lowest BCUT2D eigenvalue weighted by Crippen LogP contribution is -2.62. The number of amides is 11. The molecule has 1 aliphatic rings.